The van der Waals surface area contributed by atoms with Gasteiger partial charge in [-0.05, 0) is 80.9 Å². The maximum atomic E-state index is 2.41. The molecule has 0 unspecified atom stereocenters. The van der Waals surface area contributed by atoms with E-state index in [-0.39, 0.29) is 0 Å². The largest absolute Gasteiger partial charge is 0.378 e. The molecule has 1 aliphatic rings. The summed E-state index contributed by atoms with van der Waals surface area (Å²) in [7, 11) is 6.36. The fourth-order valence-corrected chi connectivity index (χ4v) is 5.79. The van der Waals surface area contributed by atoms with Crippen LogP contribution in [-0.4, -0.2) is 18.7 Å². The third kappa shape index (κ3) is 2.69. The van der Waals surface area contributed by atoms with E-state index in [4.69, 9.17) is 0 Å². The van der Waals surface area contributed by atoms with Crippen LogP contribution in [0, 0.1) is 0 Å². The van der Waals surface area contributed by atoms with Gasteiger partial charge >= 0.3 is 0 Å². The third-order valence-electron chi connectivity index (χ3n) is 7.62. The van der Waals surface area contributed by atoms with Gasteiger partial charge in [-0.25, -0.2) is 0 Å². The summed E-state index contributed by atoms with van der Waals surface area (Å²) in [5, 5.41) is 5.29. The van der Waals surface area contributed by atoms with Crippen LogP contribution in [0.5, 0.6) is 0 Å². The Morgan fingerprint density at radius 2 is 1.44 bits per heavy atom. The summed E-state index contributed by atoms with van der Waals surface area (Å²) < 4.78 is 2.31. The molecule has 6 aromatic rings. The summed E-state index contributed by atoms with van der Waals surface area (Å²) in [6.07, 6.45) is 1.02. The van der Waals surface area contributed by atoms with Crippen LogP contribution in [-0.2, 0) is 13.5 Å². The van der Waals surface area contributed by atoms with Gasteiger partial charge in [0.2, 0.25) is 0 Å². The Kier molecular flexibility index (Phi) is 3.99. The molecular weight excluding hydrogens is 412 g/mol. The SMILES string of the molecule is CN(C)c1ccc2c3cc(-c4ccc5c(c4)-c4c(ccc6ccccc46)C5)ccc3n(C)c2c1. The highest BCUT2D eigenvalue weighted by molar-refractivity contribution is 6.10. The molecule has 1 heterocycles. The molecule has 0 radical (unpaired) electrons. The van der Waals surface area contributed by atoms with E-state index in [1.54, 1.807) is 0 Å². The predicted octanol–water partition coefficient (Wildman–Crippen LogP) is 7.79. The minimum atomic E-state index is 1.02. The standard InChI is InChI=1S/C32H26N2/c1-33(2)25-13-14-27-29-18-22(12-15-30(29)34(3)31(27)19-25)21-9-10-23-16-24-11-8-20-6-4-5-7-26(20)32(24)28(23)17-21/h4-15,17-19H,16H2,1-3H3. The van der Waals surface area contributed by atoms with Gasteiger partial charge < -0.3 is 9.47 Å². The molecule has 0 bridgehead atoms. The number of nitrogens with zero attached hydrogens (tertiary/aromatic N) is 2. The van der Waals surface area contributed by atoms with E-state index in [2.05, 4.69) is 122 Å². The maximum Gasteiger partial charge on any atom is 0.0509 e. The van der Waals surface area contributed by atoms with Crippen molar-refractivity contribution >= 4 is 38.3 Å². The van der Waals surface area contributed by atoms with Gasteiger partial charge in [0, 0.05) is 43.1 Å². The molecule has 0 spiro atoms. The first kappa shape index (κ1) is 19.4. The minimum Gasteiger partial charge on any atom is -0.378 e. The molecule has 0 saturated heterocycles. The van der Waals surface area contributed by atoms with Crippen molar-refractivity contribution in [1.82, 2.24) is 4.57 Å². The van der Waals surface area contributed by atoms with Crippen molar-refractivity contribution in [1.29, 1.82) is 0 Å². The van der Waals surface area contributed by atoms with Crippen molar-refractivity contribution in [2.24, 2.45) is 7.05 Å². The average Bonchev–Trinajstić information content (AvgIpc) is 3.38. The van der Waals surface area contributed by atoms with Crippen molar-refractivity contribution in [2.45, 2.75) is 6.42 Å². The zero-order valence-corrected chi connectivity index (χ0v) is 19.8. The van der Waals surface area contributed by atoms with Gasteiger partial charge in [0.1, 0.15) is 0 Å². The number of fused-ring (bicyclic) bond motifs is 8. The van der Waals surface area contributed by atoms with E-state index in [9.17, 15) is 0 Å². The zero-order valence-electron chi connectivity index (χ0n) is 19.8. The highest BCUT2D eigenvalue weighted by Crippen LogP contribution is 2.43. The van der Waals surface area contributed by atoms with Crippen LogP contribution in [0.1, 0.15) is 11.1 Å². The third-order valence-corrected chi connectivity index (χ3v) is 7.62. The number of benzene rings is 5. The molecule has 0 amide bonds. The fourth-order valence-electron chi connectivity index (χ4n) is 5.79. The number of aryl methyl sites for hydroxylation is 1. The molecular formula is C32H26N2. The Bertz CT molecular complexity index is 1770. The molecule has 1 aliphatic carbocycles. The van der Waals surface area contributed by atoms with Crippen LogP contribution in [0.15, 0.2) is 91.0 Å². The van der Waals surface area contributed by atoms with E-state index in [0.29, 0.717) is 0 Å². The Hall–Kier alpha value is -4.04. The number of aromatic nitrogens is 1. The molecule has 2 nitrogen and oxygen atoms in total. The summed E-state index contributed by atoms with van der Waals surface area (Å²) in [6.45, 7) is 0. The van der Waals surface area contributed by atoms with Crippen molar-refractivity contribution < 1.29 is 0 Å². The lowest BCUT2D eigenvalue weighted by molar-refractivity contribution is 1.01. The summed E-state index contributed by atoms with van der Waals surface area (Å²) in [4.78, 5) is 2.16. The van der Waals surface area contributed by atoms with Crippen LogP contribution in [0.25, 0.3) is 54.8 Å². The number of anilines is 1. The normalized spacial score (nSPS) is 12.4. The highest BCUT2D eigenvalue weighted by atomic mass is 15.1. The molecule has 0 aliphatic heterocycles. The molecule has 1 aromatic heterocycles. The lowest BCUT2D eigenvalue weighted by Gasteiger charge is -2.12. The van der Waals surface area contributed by atoms with Crippen LogP contribution in [0.2, 0.25) is 0 Å². The summed E-state index contributed by atoms with van der Waals surface area (Å²) in [5.41, 5.74) is 12.0. The van der Waals surface area contributed by atoms with E-state index in [0.717, 1.165) is 6.42 Å². The van der Waals surface area contributed by atoms with Crippen LogP contribution in [0.3, 0.4) is 0 Å². The van der Waals surface area contributed by atoms with Crippen LogP contribution < -0.4 is 4.90 Å². The van der Waals surface area contributed by atoms with E-state index >= 15 is 0 Å². The minimum absolute atomic E-state index is 1.02. The molecule has 0 fully saturated rings. The van der Waals surface area contributed by atoms with Crippen molar-refractivity contribution in [3.8, 4) is 22.3 Å². The molecule has 0 atom stereocenters. The lowest BCUT2D eigenvalue weighted by Crippen LogP contribution is -2.08. The molecule has 0 saturated carbocycles. The number of rotatable bonds is 2. The molecule has 7 rings (SSSR count). The van der Waals surface area contributed by atoms with Crippen LogP contribution in [0.4, 0.5) is 5.69 Å². The number of hydrogen-bond donors (Lipinski definition) is 0. The quantitative estimate of drug-likeness (QED) is 0.267. The molecule has 5 aromatic carbocycles. The Labute approximate surface area is 199 Å². The van der Waals surface area contributed by atoms with Gasteiger partial charge in [-0.3, -0.25) is 0 Å². The summed E-state index contributed by atoms with van der Waals surface area (Å²) >= 11 is 0. The first-order valence-corrected chi connectivity index (χ1v) is 11.9. The van der Waals surface area contributed by atoms with E-state index in [1.807, 2.05) is 0 Å². The Morgan fingerprint density at radius 3 is 2.32 bits per heavy atom. The van der Waals surface area contributed by atoms with Gasteiger partial charge in [0.05, 0.1) is 5.52 Å². The monoisotopic (exact) mass is 438 g/mol. The summed E-state index contributed by atoms with van der Waals surface area (Å²) in [5.74, 6) is 0. The van der Waals surface area contributed by atoms with Gasteiger partial charge in [-0.2, -0.15) is 0 Å². The van der Waals surface area contributed by atoms with E-state index < -0.39 is 0 Å². The lowest BCUT2D eigenvalue weighted by atomic mass is 9.95. The van der Waals surface area contributed by atoms with Crippen LogP contribution >= 0.6 is 0 Å². The van der Waals surface area contributed by atoms with Gasteiger partial charge in [-0.15, -0.1) is 0 Å². The molecule has 0 N–H and O–H groups in total. The first-order valence-electron chi connectivity index (χ1n) is 11.9. The number of hydrogen-bond acceptors (Lipinski definition) is 1. The Balaban J connectivity index is 1.41. The molecule has 2 heteroatoms. The fraction of sp³-hybridized carbons (Fsp3) is 0.125. The van der Waals surface area contributed by atoms with Gasteiger partial charge in [0.15, 0.2) is 0 Å². The summed E-state index contributed by atoms with van der Waals surface area (Å²) in [6, 6.07) is 34.0. The van der Waals surface area contributed by atoms with Crippen molar-refractivity contribution in [3.05, 3.63) is 102 Å². The van der Waals surface area contributed by atoms with Gasteiger partial charge in [-0.1, -0.05) is 60.7 Å². The highest BCUT2D eigenvalue weighted by Gasteiger charge is 2.21. The first-order chi connectivity index (χ1) is 16.6. The molecule has 164 valence electrons. The second-order valence-corrected chi connectivity index (χ2v) is 9.76. The average molecular weight is 439 g/mol. The molecule has 34 heavy (non-hydrogen) atoms. The Morgan fingerprint density at radius 1 is 0.647 bits per heavy atom. The van der Waals surface area contributed by atoms with Crippen molar-refractivity contribution in [3.63, 3.8) is 0 Å². The van der Waals surface area contributed by atoms with Crippen molar-refractivity contribution in [2.75, 3.05) is 19.0 Å². The second-order valence-electron chi connectivity index (χ2n) is 9.76. The second kappa shape index (κ2) is 6.98. The predicted molar refractivity (Wildman–Crippen MR) is 146 cm³/mol. The zero-order chi connectivity index (χ0) is 23.0. The maximum absolute atomic E-state index is 2.41. The topological polar surface area (TPSA) is 8.17 Å². The van der Waals surface area contributed by atoms with Gasteiger partial charge in [0.25, 0.3) is 0 Å². The van der Waals surface area contributed by atoms with E-state index in [1.165, 1.54) is 71.6 Å². The smallest absolute Gasteiger partial charge is 0.0509 e.